The fraction of sp³-hybridized carbons (Fsp3) is 0.375. The highest BCUT2D eigenvalue weighted by Gasteiger charge is 2.33. The molecule has 1 aliphatic heterocycles. The first kappa shape index (κ1) is 32.1. The smallest absolute Gasteiger partial charge is 0.410 e. The number of hydrogen-bond donors (Lipinski definition) is 2. The first-order valence-electron chi connectivity index (χ1n) is 14.1. The minimum atomic E-state index is -0.661. The lowest BCUT2D eigenvalue weighted by Gasteiger charge is -2.30. The van der Waals surface area contributed by atoms with Crippen molar-refractivity contribution >= 4 is 57.7 Å². The summed E-state index contributed by atoms with van der Waals surface area (Å²) in [6.07, 6.45) is 1.17. The Morgan fingerprint density at radius 1 is 1.05 bits per heavy atom. The van der Waals surface area contributed by atoms with Crippen molar-refractivity contribution in [2.45, 2.75) is 69.2 Å². The number of fused-ring (bicyclic) bond motifs is 1. The second-order valence-corrected chi connectivity index (χ2v) is 13.4. The molecule has 1 aliphatic rings. The fourth-order valence-electron chi connectivity index (χ4n) is 4.60. The number of rotatable bonds is 9. The number of carbonyl (C=O) groups excluding carboxylic acids is 4. The van der Waals surface area contributed by atoms with Crippen molar-refractivity contribution in [2.24, 2.45) is 0 Å². The minimum Gasteiger partial charge on any atom is -0.465 e. The topological polar surface area (TPSA) is 114 Å². The molecule has 43 heavy (non-hydrogen) atoms. The maximum absolute atomic E-state index is 13.9. The first-order chi connectivity index (χ1) is 20.5. The number of thiophene rings is 1. The third kappa shape index (κ3) is 8.39. The van der Waals surface area contributed by atoms with Gasteiger partial charge in [0.1, 0.15) is 15.9 Å². The Morgan fingerprint density at radius 3 is 2.47 bits per heavy atom. The summed E-state index contributed by atoms with van der Waals surface area (Å²) in [6, 6.07) is 16.8. The Hall–Kier alpha value is -3.83. The molecule has 1 unspecified atom stereocenters. The molecule has 0 fully saturated rings. The molecule has 3 amide bonds. The Kier molecular flexibility index (Phi) is 10.5. The van der Waals surface area contributed by atoms with Crippen LogP contribution in [0.5, 0.6) is 0 Å². The lowest BCUT2D eigenvalue weighted by molar-refractivity contribution is -0.116. The SMILES string of the molecule is CCCC(=O)Nc1cccc(SC(C(=O)Nc2sc3c(c2C(=O)OC)CCN(C(=O)OC(C)(C)C)C3)c2ccccc2)c1. The van der Waals surface area contributed by atoms with Gasteiger partial charge in [-0.15, -0.1) is 23.1 Å². The van der Waals surface area contributed by atoms with Gasteiger partial charge < -0.3 is 25.0 Å². The number of amides is 3. The van der Waals surface area contributed by atoms with Crippen molar-refractivity contribution in [2.75, 3.05) is 24.3 Å². The van der Waals surface area contributed by atoms with E-state index in [1.807, 2.05) is 82.3 Å². The van der Waals surface area contributed by atoms with E-state index >= 15 is 0 Å². The van der Waals surface area contributed by atoms with Crippen LogP contribution in [0, 0.1) is 0 Å². The average molecular weight is 624 g/mol. The Bertz CT molecular complexity index is 1480. The minimum absolute atomic E-state index is 0.0655. The van der Waals surface area contributed by atoms with E-state index in [1.165, 1.54) is 30.2 Å². The third-order valence-electron chi connectivity index (χ3n) is 6.52. The van der Waals surface area contributed by atoms with E-state index in [9.17, 15) is 19.2 Å². The number of nitrogens with one attached hydrogen (secondary N) is 2. The number of benzene rings is 2. The molecule has 9 nitrogen and oxygen atoms in total. The van der Waals surface area contributed by atoms with E-state index in [2.05, 4.69) is 10.6 Å². The Morgan fingerprint density at radius 2 is 1.79 bits per heavy atom. The largest absolute Gasteiger partial charge is 0.465 e. The summed E-state index contributed by atoms with van der Waals surface area (Å²) in [6.45, 7) is 8.03. The predicted octanol–water partition coefficient (Wildman–Crippen LogP) is 7.04. The predicted molar refractivity (Wildman–Crippen MR) is 170 cm³/mol. The van der Waals surface area contributed by atoms with Crippen LogP contribution >= 0.6 is 23.1 Å². The number of nitrogens with zero attached hydrogens (tertiary/aromatic N) is 1. The van der Waals surface area contributed by atoms with Crippen LogP contribution in [0.4, 0.5) is 15.5 Å². The summed E-state index contributed by atoms with van der Waals surface area (Å²) < 4.78 is 10.6. The van der Waals surface area contributed by atoms with E-state index in [0.717, 1.165) is 27.3 Å². The molecule has 2 N–H and O–H groups in total. The number of methoxy groups -OCH3 is 1. The van der Waals surface area contributed by atoms with Gasteiger partial charge in [0.2, 0.25) is 11.8 Å². The summed E-state index contributed by atoms with van der Waals surface area (Å²) in [5.41, 5.74) is 1.89. The van der Waals surface area contributed by atoms with Crippen LogP contribution in [0.25, 0.3) is 0 Å². The fourth-order valence-corrected chi connectivity index (χ4v) is 6.94. The average Bonchev–Trinajstić information content (AvgIpc) is 3.32. The second-order valence-electron chi connectivity index (χ2n) is 11.1. The zero-order chi connectivity index (χ0) is 31.1. The van der Waals surface area contributed by atoms with Gasteiger partial charge in [0.15, 0.2) is 0 Å². The third-order valence-corrected chi connectivity index (χ3v) is 8.90. The van der Waals surface area contributed by atoms with Crippen LogP contribution < -0.4 is 10.6 Å². The highest BCUT2D eigenvalue weighted by molar-refractivity contribution is 8.00. The van der Waals surface area contributed by atoms with Gasteiger partial charge in [-0.05, 0) is 62.9 Å². The molecular weight excluding hydrogens is 587 g/mol. The molecule has 2 aromatic carbocycles. The van der Waals surface area contributed by atoms with Crippen molar-refractivity contribution in [3.8, 4) is 0 Å². The number of ether oxygens (including phenoxy) is 2. The number of esters is 1. The summed E-state index contributed by atoms with van der Waals surface area (Å²) in [5.74, 6) is -0.924. The quantitative estimate of drug-likeness (QED) is 0.194. The normalized spacial score (nSPS) is 13.5. The molecule has 0 spiro atoms. The van der Waals surface area contributed by atoms with Crippen molar-refractivity contribution < 1.29 is 28.7 Å². The van der Waals surface area contributed by atoms with Crippen molar-refractivity contribution in [3.63, 3.8) is 0 Å². The number of carbonyl (C=O) groups is 4. The van der Waals surface area contributed by atoms with Crippen molar-refractivity contribution in [1.29, 1.82) is 0 Å². The van der Waals surface area contributed by atoms with E-state index in [0.29, 0.717) is 35.6 Å². The van der Waals surface area contributed by atoms with E-state index in [4.69, 9.17) is 9.47 Å². The number of hydrogen-bond acceptors (Lipinski definition) is 8. The maximum Gasteiger partial charge on any atom is 0.410 e. The lowest BCUT2D eigenvalue weighted by atomic mass is 10.0. The highest BCUT2D eigenvalue weighted by Crippen LogP contribution is 2.41. The molecule has 1 atom stereocenters. The van der Waals surface area contributed by atoms with Crippen LogP contribution in [-0.2, 0) is 32.0 Å². The van der Waals surface area contributed by atoms with Crippen molar-refractivity contribution in [1.82, 2.24) is 4.90 Å². The van der Waals surface area contributed by atoms with Crippen LogP contribution in [0.1, 0.15) is 72.1 Å². The van der Waals surface area contributed by atoms with E-state index in [-0.39, 0.29) is 18.4 Å². The van der Waals surface area contributed by atoms with Crippen molar-refractivity contribution in [3.05, 3.63) is 76.2 Å². The molecule has 3 aromatic rings. The van der Waals surface area contributed by atoms with Gasteiger partial charge in [0, 0.05) is 28.4 Å². The van der Waals surface area contributed by atoms with Gasteiger partial charge in [0.05, 0.1) is 19.2 Å². The van der Waals surface area contributed by atoms with Crippen LogP contribution in [0.3, 0.4) is 0 Å². The lowest BCUT2D eigenvalue weighted by Crippen LogP contribution is -2.39. The van der Waals surface area contributed by atoms with E-state index in [1.54, 1.807) is 4.90 Å². The molecule has 2 heterocycles. The summed E-state index contributed by atoms with van der Waals surface area (Å²) in [5, 5.41) is 5.63. The van der Waals surface area contributed by atoms with Gasteiger partial charge >= 0.3 is 12.1 Å². The molecule has 1 aromatic heterocycles. The summed E-state index contributed by atoms with van der Waals surface area (Å²) in [7, 11) is 1.31. The van der Waals surface area contributed by atoms with Gasteiger partial charge in [-0.3, -0.25) is 9.59 Å². The second kappa shape index (κ2) is 14.1. The molecule has 0 radical (unpaired) electrons. The Balaban J connectivity index is 1.61. The zero-order valence-electron chi connectivity index (χ0n) is 25.0. The number of anilines is 2. The molecular formula is C32H37N3O6S2. The molecule has 0 saturated carbocycles. The standard InChI is InChI=1S/C32H37N3O6S2/c1-6-11-25(36)33-21-14-10-15-22(18-21)42-27(20-12-8-7-9-13-20)28(37)34-29-26(30(38)40-5)23-16-17-35(19-24(23)43-29)31(39)41-32(2,3)4/h7-10,12-15,18,27H,6,11,16-17,19H2,1-5H3,(H,33,36)(H,34,37). The first-order valence-corrected chi connectivity index (χ1v) is 15.8. The zero-order valence-corrected chi connectivity index (χ0v) is 26.7. The summed E-state index contributed by atoms with van der Waals surface area (Å²) in [4.78, 5) is 55.0. The molecule has 0 aliphatic carbocycles. The van der Waals surface area contributed by atoms with Gasteiger partial charge in [-0.25, -0.2) is 9.59 Å². The molecule has 11 heteroatoms. The molecule has 228 valence electrons. The molecule has 4 rings (SSSR count). The Labute approximate surface area is 260 Å². The van der Waals surface area contributed by atoms with E-state index < -0.39 is 22.9 Å². The number of thioether (sulfide) groups is 1. The highest BCUT2D eigenvalue weighted by atomic mass is 32.2. The van der Waals surface area contributed by atoms with Crippen LogP contribution in [-0.4, -0.2) is 48.0 Å². The molecule has 0 saturated heterocycles. The summed E-state index contributed by atoms with van der Waals surface area (Å²) >= 11 is 2.61. The maximum atomic E-state index is 13.9. The van der Waals surface area contributed by atoms with Gasteiger partial charge in [0.25, 0.3) is 0 Å². The van der Waals surface area contributed by atoms with Gasteiger partial charge in [-0.1, -0.05) is 43.3 Å². The van der Waals surface area contributed by atoms with Gasteiger partial charge in [-0.2, -0.15) is 0 Å². The monoisotopic (exact) mass is 623 g/mol. The van der Waals surface area contributed by atoms with Crippen LogP contribution in [0.2, 0.25) is 0 Å². The van der Waals surface area contributed by atoms with Crippen LogP contribution in [0.15, 0.2) is 59.5 Å². The molecule has 0 bridgehead atoms.